The third kappa shape index (κ3) is 2.36. The van der Waals surface area contributed by atoms with Gasteiger partial charge in [-0.25, -0.2) is 4.79 Å². The van der Waals surface area contributed by atoms with Gasteiger partial charge in [0.1, 0.15) is 0 Å². The maximum absolute atomic E-state index is 10.8. The maximum Gasteiger partial charge on any atom is 0.337 e. The molecular weight excluding hydrogens is 220 g/mol. The van der Waals surface area contributed by atoms with Gasteiger partial charge in [-0.15, -0.1) is 0 Å². The van der Waals surface area contributed by atoms with Crippen molar-refractivity contribution in [2.24, 2.45) is 7.05 Å². The number of nitrogens with zero attached hydrogens (tertiary/aromatic N) is 2. The third-order valence-electron chi connectivity index (χ3n) is 2.28. The Kier molecular flexibility index (Phi) is 2.70. The van der Waals surface area contributed by atoms with Crippen LogP contribution in [-0.4, -0.2) is 20.9 Å². The highest BCUT2D eigenvalue weighted by Crippen LogP contribution is 2.21. The van der Waals surface area contributed by atoms with E-state index in [0.717, 1.165) is 11.4 Å². The molecule has 0 radical (unpaired) electrons. The molecule has 0 aliphatic carbocycles. The van der Waals surface area contributed by atoms with E-state index in [2.05, 4.69) is 10.4 Å². The Bertz CT molecular complexity index is 562. The van der Waals surface area contributed by atoms with Crippen molar-refractivity contribution in [2.75, 3.05) is 11.1 Å². The SMILES string of the molecule is Cn1cc(Nc2ccc(C(=O)O)c(N)c2)cn1. The highest BCUT2D eigenvalue weighted by Gasteiger charge is 2.08. The second-order valence-electron chi connectivity index (χ2n) is 3.63. The monoisotopic (exact) mass is 232 g/mol. The molecule has 0 aliphatic heterocycles. The van der Waals surface area contributed by atoms with E-state index in [1.54, 1.807) is 29.2 Å². The number of hydrogen-bond donors (Lipinski definition) is 3. The molecule has 1 aromatic heterocycles. The number of carbonyl (C=O) groups is 1. The van der Waals surface area contributed by atoms with Crippen LogP contribution in [0, 0.1) is 0 Å². The van der Waals surface area contributed by atoms with Crippen LogP contribution in [0.4, 0.5) is 17.1 Å². The molecule has 0 saturated heterocycles. The van der Waals surface area contributed by atoms with Gasteiger partial charge >= 0.3 is 5.97 Å². The van der Waals surface area contributed by atoms with Crippen molar-refractivity contribution in [2.45, 2.75) is 0 Å². The first kappa shape index (κ1) is 11.0. The predicted molar refractivity (Wildman–Crippen MR) is 64.3 cm³/mol. The number of carboxylic acids is 1. The number of rotatable bonds is 3. The molecule has 0 atom stereocenters. The molecule has 0 fully saturated rings. The molecular formula is C11H12N4O2. The first-order valence-corrected chi connectivity index (χ1v) is 4.95. The molecule has 2 rings (SSSR count). The van der Waals surface area contributed by atoms with E-state index >= 15 is 0 Å². The summed E-state index contributed by atoms with van der Waals surface area (Å²) in [5.74, 6) is -1.03. The third-order valence-corrected chi connectivity index (χ3v) is 2.28. The average molecular weight is 232 g/mol. The van der Waals surface area contributed by atoms with Crippen LogP contribution in [-0.2, 0) is 7.05 Å². The van der Waals surface area contributed by atoms with Gasteiger partial charge in [0.15, 0.2) is 0 Å². The fourth-order valence-corrected chi connectivity index (χ4v) is 1.49. The van der Waals surface area contributed by atoms with E-state index in [4.69, 9.17) is 10.8 Å². The second-order valence-corrected chi connectivity index (χ2v) is 3.63. The van der Waals surface area contributed by atoms with E-state index in [1.165, 1.54) is 6.07 Å². The number of aromatic nitrogens is 2. The van der Waals surface area contributed by atoms with Crippen LogP contribution < -0.4 is 11.1 Å². The molecule has 0 spiro atoms. The second kappa shape index (κ2) is 4.17. The molecule has 88 valence electrons. The Labute approximate surface area is 97.7 Å². The maximum atomic E-state index is 10.8. The van der Waals surface area contributed by atoms with Gasteiger partial charge in [0, 0.05) is 24.6 Å². The van der Waals surface area contributed by atoms with E-state index in [9.17, 15) is 4.79 Å². The summed E-state index contributed by atoms with van der Waals surface area (Å²) in [5.41, 5.74) is 7.50. The number of nitrogen functional groups attached to an aromatic ring is 1. The summed E-state index contributed by atoms with van der Waals surface area (Å²) in [6.45, 7) is 0. The summed E-state index contributed by atoms with van der Waals surface area (Å²) >= 11 is 0. The minimum atomic E-state index is -1.03. The minimum Gasteiger partial charge on any atom is -0.478 e. The standard InChI is InChI=1S/C11H12N4O2/c1-15-6-8(5-13-15)14-7-2-3-9(11(16)17)10(12)4-7/h2-6,14H,12H2,1H3,(H,16,17). The molecule has 1 aromatic carbocycles. The molecule has 0 saturated carbocycles. The van der Waals surface area contributed by atoms with Crippen LogP contribution in [0.1, 0.15) is 10.4 Å². The van der Waals surface area contributed by atoms with E-state index in [-0.39, 0.29) is 11.3 Å². The lowest BCUT2D eigenvalue weighted by molar-refractivity contribution is 0.0698. The summed E-state index contributed by atoms with van der Waals surface area (Å²) in [7, 11) is 1.81. The summed E-state index contributed by atoms with van der Waals surface area (Å²) < 4.78 is 1.66. The summed E-state index contributed by atoms with van der Waals surface area (Å²) in [5, 5.41) is 15.9. The predicted octanol–water partition coefficient (Wildman–Crippen LogP) is 1.44. The first-order valence-electron chi connectivity index (χ1n) is 4.95. The van der Waals surface area contributed by atoms with Crippen LogP contribution in [0.15, 0.2) is 30.6 Å². The molecule has 4 N–H and O–H groups in total. The van der Waals surface area contributed by atoms with Crippen LogP contribution in [0.3, 0.4) is 0 Å². The summed E-state index contributed by atoms with van der Waals surface area (Å²) in [4.78, 5) is 10.8. The zero-order chi connectivity index (χ0) is 12.4. The van der Waals surface area contributed by atoms with Crippen molar-refractivity contribution >= 4 is 23.0 Å². The van der Waals surface area contributed by atoms with Crippen molar-refractivity contribution in [3.05, 3.63) is 36.2 Å². The molecule has 0 amide bonds. The lowest BCUT2D eigenvalue weighted by Gasteiger charge is -2.06. The van der Waals surface area contributed by atoms with Gasteiger partial charge in [0.05, 0.1) is 17.4 Å². The molecule has 17 heavy (non-hydrogen) atoms. The number of aromatic carboxylic acids is 1. The van der Waals surface area contributed by atoms with Crippen molar-refractivity contribution in [1.29, 1.82) is 0 Å². The molecule has 0 unspecified atom stereocenters. The smallest absolute Gasteiger partial charge is 0.337 e. The van der Waals surface area contributed by atoms with Gasteiger partial charge in [-0.1, -0.05) is 0 Å². The Morgan fingerprint density at radius 2 is 2.24 bits per heavy atom. The minimum absolute atomic E-state index is 0.0988. The van der Waals surface area contributed by atoms with Gasteiger partial charge in [0.25, 0.3) is 0 Å². The number of nitrogens with one attached hydrogen (secondary N) is 1. The number of hydrogen-bond acceptors (Lipinski definition) is 4. The van der Waals surface area contributed by atoms with Gasteiger partial charge in [-0.2, -0.15) is 5.10 Å². The zero-order valence-electron chi connectivity index (χ0n) is 9.21. The Balaban J connectivity index is 2.23. The Morgan fingerprint density at radius 3 is 2.76 bits per heavy atom. The zero-order valence-corrected chi connectivity index (χ0v) is 9.21. The average Bonchev–Trinajstić information content (AvgIpc) is 2.63. The van der Waals surface area contributed by atoms with Gasteiger partial charge in [0.2, 0.25) is 0 Å². The van der Waals surface area contributed by atoms with Gasteiger partial charge in [-0.05, 0) is 18.2 Å². The van der Waals surface area contributed by atoms with Gasteiger partial charge in [-0.3, -0.25) is 4.68 Å². The Hall–Kier alpha value is -2.50. The highest BCUT2D eigenvalue weighted by atomic mass is 16.4. The van der Waals surface area contributed by atoms with Crippen molar-refractivity contribution in [3.8, 4) is 0 Å². The quantitative estimate of drug-likeness (QED) is 0.696. The molecule has 6 nitrogen and oxygen atoms in total. The van der Waals surface area contributed by atoms with Gasteiger partial charge < -0.3 is 16.2 Å². The van der Waals surface area contributed by atoms with Crippen molar-refractivity contribution in [3.63, 3.8) is 0 Å². The molecule has 1 heterocycles. The fourth-order valence-electron chi connectivity index (χ4n) is 1.49. The topological polar surface area (TPSA) is 93.2 Å². The largest absolute Gasteiger partial charge is 0.478 e. The number of anilines is 3. The lowest BCUT2D eigenvalue weighted by Crippen LogP contribution is -2.02. The number of nitrogens with two attached hydrogens (primary N) is 1. The summed E-state index contributed by atoms with van der Waals surface area (Å²) in [6.07, 6.45) is 3.47. The fraction of sp³-hybridized carbons (Fsp3) is 0.0909. The van der Waals surface area contributed by atoms with Crippen molar-refractivity contribution in [1.82, 2.24) is 9.78 Å². The molecule has 0 bridgehead atoms. The number of benzene rings is 1. The van der Waals surface area contributed by atoms with Crippen LogP contribution in [0.25, 0.3) is 0 Å². The number of aryl methyl sites for hydroxylation is 1. The highest BCUT2D eigenvalue weighted by molar-refractivity contribution is 5.94. The van der Waals surface area contributed by atoms with Crippen molar-refractivity contribution < 1.29 is 9.90 Å². The van der Waals surface area contributed by atoms with Crippen LogP contribution >= 0.6 is 0 Å². The first-order chi connectivity index (χ1) is 8.06. The lowest BCUT2D eigenvalue weighted by atomic mass is 10.1. The Morgan fingerprint density at radius 1 is 1.47 bits per heavy atom. The normalized spacial score (nSPS) is 10.2. The molecule has 2 aromatic rings. The molecule has 6 heteroatoms. The summed E-state index contributed by atoms with van der Waals surface area (Å²) in [6, 6.07) is 4.71. The van der Waals surface area contributed by atoms with Crippen LogP contribution in [0.2, 0.25) is 0 Å². The molecule has 0 aliphatic rings. The van der Waals surface area contributed by atoms with Crippen LogP contribution in [0.5, 0.6) is 0 Å². The van der Waals surface area contributed by atoms with E-state index in [0.29, 0.717) is 0 Å². The van der Waals surface area contributed by atoms with E-state index in [1.807, 2.05) is 7.05 Å². The number of carboxylic acid groups (broad SMARTS) is 1. The van der Waals surface area contributed by atoms with E-state index < -0.39 is 5.97 Å².